The number of hydrogen-bond acceptors (Lipinski definition) is 2. The molecule has 0 radical (unpaired) electrons. The Morgan fingerprint density at radius 2 is 1.83 bits per heavy atom. The van der Waals surface area contributed by atoms with Crippen LogP contribution in [-0.2, 0) is 0 Å². The van der Waals surface area contributed by atoms with E-state index in [0.717, 1.165) is 11.0 Å². The average Bonchev–Trinajstić information content (AvgIpc) is 2.80. The van der Waals surface area contributed by atoms with Crippen LogP contribution in [0.2, 0.25) is 5.02 Å². The predicted molar refractivity (Wildman–Crippen MR) is 85.0 cm³/mol. The minimum absolute atomic E-state index is 0.139. The van der Waals surface area contributed by atoms with Gasteiger partial charge in [-0.3, -0.25) is 4.57 Å². The van der Waals surface area contributed by atoms with E-state index in [0.29, 0.717) is 15.5 Å². The van der Waals surface area contributed by atoms with Crippen molar-refractivity contribution in [2.45, 2.75) is 6.18 Å². The maximum atomic E-state index is 12.1. The molecular weight excluding hydrogens is 349 g/mol. The van der Waals surface area contributed by atoms with Gasteiger partial charge in [-0.2, -0.15) is 13.2 Å². The van der Waals surface area contributed by atoms with Crippen molar-refractivity contribution in [3.63, 3.8) is 0 Å². The van der Waals surface area contributed by atoms with Crippen LogP contribution >= 0.6 is 23.8 Å². The molecule has 0 unspecified atom stereocenters. The monoisotopic (exact) mass is 358 g/mol. The molecule has 1 heterocycles. The van der Waals surface area contributed by atoms with Gasteiger partial charge < -0.3 is 9.72 Å². The van der Waals surface area contributed by atoms with Crippen molar-refractivity contribution in [3.05, 3.63) is 52.3 Å². The molecule has 3 aromatic rings. The molecule has 120 valence electrons. The second kappa shape index (κ2) is 5.90. The van der Waals surface area contributed by atoms with Crippen molar-refractivity contribution in [2.75, 3.05) is 6.61 Å². The van der Waals surface area contributed by atoms with Gasteiger partial charge in [0.15, 0.2) is 11.4 Å². The van der Waals surface area contributed by atoms with Crippen LogP contribution in [0.3, 0.4) is 0 Å². The fraction of sp³-hybridized carbons (Fsp3) is 0.133. The maximum Gasteiger partial charge on any atom is 0.422 e. The second-order valence-corrected chi connectivity index (χ2v) is 5.65. The standard InChI is InChI=1S/C15H10ClF3N2OS/c16-9-1-6-13-12(7-9)20-14(23)21(13)10-2-4-11(5-3-10)22-8-15(17,18)19/h1-7H,8H2,(H,20,23). The summed E-state index contributed by atoms with van der Waals surface area (Å²) in [6.07, 6.45) is -4.36. The highest BCUT2D eigenvalue weighted by molar-refractivity contribution is 7.71. The van der Waals surface area contributed by atoms with Crippen molar-refractivity contribution in [1.82, 2.24) is 9.55 Å². The molecular formula is C15H10ClF3N2OS. The SMILES string of the molecule is FC(F)(F)COc1ccc(-n2c(=S)[nH]c3cc(Cl)ccc32)cc1. The highest BCUT2D eigenvalue weighted by Gasteiger charge is 2.28. The summed E-state index contributed by atoms with van der Waals surface area (Å²) >= 11 is 11.2. The van der Waals surface area contributed by atoms with Crippen LogP contribution in [0.4, 0.5) is 13.2 Å². The van der Waals surface area contributed by atoms with Crippen LogP contribution in [0, 0.1) is 4.77 Å². The predicted octanol–water partition coefficient (Wildman–Crippen LogP) is 5.28. The molecule has 0 saturated carbocycles. The van der Waals surface area contributed by atoms with Gasteiger partial charge in [0.2, 0.25) is 0 Å². The minimum atomic E-state index is -4.36. The van der Waals surface area contributed by atoms with Crippen LogP contribution in [0.5, 0.6) is 5.75 Å². The zero-order chi connectivity index (χ0) is 16.6. The molecule has 0 aliphatic rings. The number of imidazole rings is 1. The fourth-order valence-electron chi connectivity index (χ4n) is 2.20. The van der Waals surface area contributed by atoms with Crippen molar-refractivity contribution < 1.29 is 17.9 Å². The summed E-state index contributed by atoms with van der Waals surface area (Å²) in [5, 5.41) is 0.580. The number of ether oxygens (including phenoxy) is 1. The van der Waals surface area contributed by atoms with E-state index in [4.69, 9.17) is 28.6 Å². The molecule has 0 spiro atoms. The number of benzene rings is 2. The Labute approximate surface area is 139 Å². The smallest absolute Gasteiger partial charge is 0.422 e. The molecule has 0 bridgehead atoms. The third-order valence-electron chi connectivity index (χ3n) is 3.14. The summed E-state index contributed by atoms with van der Waals surface area (Å²) in [4.78, 5) is 3.04. The lowest BCUT2D eigenvalue weighted by molar-refractivity contribution is -0.153. The third kappa shape index (κ3) is 3.51. The first kappa shape index (κ1) is 15.9. The lowest BCUT2D eigenvalue weighted by atomic mass is 10.2. The first-order valence-corrected chi connectivity index (χ1v) is 7.32. The summed E-state index contributed by atoms with van der Waals surface area (Å²) in [5.41, 5.74) is 2.31. The highest BCUT2D eigenvalue weighted by atomic mass is 35.5. The van der Waals surface area contributed by atoms with Crippen molar-refractivity contribution >= 4 is 34.9 Å². The van der Waals surface area contributed by atoms with Crippen molar-refractivity contribution in [2.24, 2.45) is 0 Å². The van der Waals surface area contributed by atoms with Gasteiger partial charge in [-0.05, 0) is 54.7 Å². The van der Waals surface area contributed by atoms with E-state index < -0.39 is 12.8 Å². The molecule has 3 rings (SSSR count). The molecule has 3 nitrogen and oxygen atoms in total. The number of alkyl halides is 3. The van der Waals surface area contributed by atoms with Gasteiger partial charge in [-0.15, -0.1) is 0 Å². The van der Waals surface area contributed by atoms with Gasteiger partial charge >= 0.3 is 6.18 Å². The summed E-state index contributed by atoms with van der Waals surface area (Å²) in [6.45, 7) is -1.32. The summed E-state index contributed by atoms with van der Waals surface area (Å²) in [6, 6.07) is 11.5. The molecule has 2 aromatic carbocycles. The lowest BCUT2D eigenvalue weighted by Gasteiger charge is -2.10. The number of halogens is 4. The Kier molecular flexibility index (Phi) is 4.08. The van der Waals surface area contributed by atoms with Crippen molar-refractivity contribution in [1.29, 1.82) is 0 Å². The molecule has 8 heteroatoms. The summed E-state index contributed by atoms with van der Waals surface area (Å²) < 4.78 is 43.4. The molecule has 0 fully saturated rings. The molecule has 23 heavy (non-hydrogen) atoms. The number of aromatic nitrogens is 2. The van der Waals surface area contributed by atoms with Crippen LogP contribution < -0.4 is 4.74 Å². The van der Waals surface area contributed by atoms with Gasteiger partial charge in [0, 0.05) is 10.7 Å². The average molecular weight is 359 g/mol. The van der Waals surface area contributed by atoms with Crippen molar-refractivity contribution in [3.8, 4) is 11.4 Å². The topological polar surface area (TPSA) is 29.9 Å². The first-order chi connectivity index (χ1) is 10.8. The summed E-state index contributed by atoms with van der Waals surface area (Å²) in [5.74, 6) is 0.139. The number of fused-ring (bicyclic) bond motifs is 1. The molecule has 0 aliphatic carbocycles. The quantitative estimate of drug-likeness (QED) is 0.645. The minimum Gasteiger partial charge on any atom is -0.484 e. The number of aromatic amines is 1. The molecule has 1 N–H and O–H groups in total. The number of nitrogens with one attached hydrogen (secondary N) is 1. The second-order valence-electron chi connectivity index (χ2n) is 4.82. The van der Waals surface area contributed by atoms with Gasteiger partial charge in [0.25, 0.3) is 0 Å². The van der Waals surface area contributed by atoms with E-state index >= 15 is 0 Å². The third-order valence-corrected chi connectivity index (χ3v) is 3.66. The Morgan fingerprint density at radius 1 is 1.13 bits per heavy atom. The lowest BCUT2D eigenvalue weighted by Crippen LogP contribution is -2.19. The number of nitrogens with zero attached hydrogens (tertiary/aromatic N) is 1. The Morgan fingerprint density at radius 3 is 2.48 bits per heavy atom. The molecule has 1 aromatic heterocycles. The van der Waals surface area contributed by atoms with Gasteiger partial charge in [-0.1, -0.05) is 11.6 Å². The molecule has 0 amide bonds. The van der Waals surface area contributed by atoms with E-state index in [1.54, 1.807) is 28.8 Å². The zero-order valence-corrected chi connectivity index (χ0v) is 13.1. The fourth-order valence-corrected chi connectivity index (χ4v) is 2.68. The Bertz CT molecular complexity index is 900. The van der Waals surface area contributed by atoms with E-state index in [1.165, 1.54) is 12.1 Å². The largest absolute Gasteiger partial charge is 0.484 e. The zero-order valence-electron chi connectivity index (χ0n) is 11.5. The van der Waals surface area contributed by atoms with Crippen LogP contribution in [0.1, 0.15) is 0 Å². The van der Waals surface area contributed by atoms with Gasteiger partial charge in [0.05, 0.1) is 11.0 Å². The normalized spacial score (nSPS) is 11.8. The first-order valence-electron chi connectivity index (χ1n) is 6.54. The van der Waals surface area contributed by atoms with Gasteiger partial charge in [0.1, 0.15) is 5.75 Å². The summed E-state index contributed by atoms with van der Waals surface area (Å²) in [7, 11) is 0. The van der Waals surface area contributed by atoms with E-state index in [-0.39, 0.29) is 5.75 Å². The van der Waals surface area contributed by atoms with E-state index in [1.807, 2.05) is 6.07 Å². The van der Waals surface area contributed by atoms with Crippen LogP contribution in [-0.4, -0.2) is 22.3 Å². The van der Waals surface area contributed by atoms with Crippen LogP contribution in [0.15, 0.2) is 42.5 Å². The van der Waals surface area contributed by atoms with E-state index in [9.17, 15) is 13.2 Å². The Balaban J connectivity index is 1.94. The van der Waals surface area contributed by atoms with Crippen LogP contribution in [0.25, 0.3) is 16.7 Å². The molecule has 0 atom stereocenters. The highest BCUT2D eigenvalue weighted by Crippen LogP contribution is 2.24. The number of rotatable bonds is 3. The number of H-pyrrole nitrogens is 1. The Hall–Kier alpha value is -1.99. The molecule has 0 aliphatic heterocycles. The maximum absolute atomic E-state index is 12.1. The molecule has 0 saturated heterocycles. The number of hydrogen-bond donors (Lipinski definition) is 1. The van der Waals surface area contributed by atoms with Gasteiger partial charge in [-0.25, -0.2) is 0 Å². The van der Waals surface area contributed by atoms with E-state index in [2.05, 4.69) is 4.98 Å².